The molecule has 3 aliphatic rings. The van der Waals surface area contributed by atoms with E-state index >= 15 is 0 Å². The Hall–Kier alpha value is -2.40. The third-order valence-corrected chi connectivity index (χ3v) is 7.59. The van der Waals surface area contributed by atoms with E-state index in [1.807, 2.05) is 27.1 Å². The number of piperidine rings is 1. The zero-order valence-electron chi connectivity index (χ0n) is 20.0. The summed E-state index contributed by atoms with van der Waals surface area (Å²) in [6.07, 6.45) is 8.72. The number of hydrogen-bond donors (Lipinski definition) is 1. The molecule has 0 aromatic carbocycles. The van der Waals surface area contributed by atoms with Crippen LogP contribution in [0.5, 0.6) is 0 Å². The van der Waals surface area contributed by atoms with E-state index < -0.39 is 5.41 Å². The Morgan fingerprint density at radius 1 is 1.25 bits per heavy atom. The van der Waals surface area contributed by atoms with Crippen molar-refractivity contribution in [3.05, 3.63) is 6.20 Å². The molecule has 1 amide bonds. The number of nitriles is 1. The fourth-order valence-corrected chi connectivity index (χ4v) is 5.57. The second-order valence-corrected chi connectivity index (χ2v) is 10.4. The van der Waals surface area contributed by atoms with Crippen LogP contribution in [-0.4, -0.2) is 66.1 Å². The van der Waals surface area contributed by atoms with Gasteiger partial charge in [0.1, 0.15) is 5.69 Å². The summed E-state index contributed by atoms with van der Waals surface area (Å²) in [5.41, 5.74) is 0.326. The van der Waals surface area contributed by atoms with Gasteiger partial charge in [-0.05, 0) is 65.5 Å². The molecule has 0 bridgehead atoms. The highest BCUT2D eigenvalue weighted by Gasteiger charge is 2.41. The van der Waals surface area contributed by atoms with Crippen LogP contribution in [0.15, 0.2) is 6.20 Å². The molecule has 8 nitrogen and oxygen atoms in total. The lowest BCUT2D eigenvalue weighted by Crippen LogP contribution is -2.45. The lowest BCUT2D eigenvalue weighted by molar-refractivity contribution is -0.125. The molecule has 174 valence electrons. The third-order valence-electron chi connectivity index (χ3n) is 7.59. The van der Waals surface area contributed by atoms with E-state index in [0.717, 1.165) is 50.3 Å². The summed E-state index contributed by atoms with van der Waals surface area (Å²) in [5.74, 6) is 2.16. The van der Waals surface area contributed by atoms with E-state index in [1.165, 1.54) is 12.8 Å². The molecule has 3 heterocycles. The first-order valence-corrected chi connectivity index (χ1v) is 12.1. The van der Waals surface area contributed by atoms with Crippen LogP contribution in [0.4, 0.5) is 17.5 Å². The van der Waals surface area contributed by atoms with Crippen molar-refractivity contribution < 1.29 is 4.79 Å². The first-order valence-electron chi connectivity index (χ1n) is 12.1. The van der Waals surface area contributed by atoms with Gasteiger partial charge in [-0.25, -0.2) is 4.98 Å². The Morgan fingerprint density at radius 3 is 2.59 bits per heavy atom. The van der Waals surface area contributed by atoms with Crippen molar-refractivity contribution >= 4 is 23.4 Å². The van der Waals surface area contributed by atoms with Crippen LogP contribution in [0.25, 0.3) is 0 Å². The Bertz CT molecular complexity index is 866. The summed E-state index contributed by atoms with van der Waals surface area (Å²) >= 11 is 0. The minimum Gasteiger partial charge on any atom is -0.351 e. The van der Waals surface area contributed by atoms with Gasteiger partial charge in [0.05, 0.1) is 24.2 Å². The van der Waals surface area contributed by atoms with Gasteiger partial charge < -0.3 is 15.1 Å². The molecular formula is C24H37N7O. The van der Waals surface area contributed by atoms with E-state index in [9.17, 15) is 4.79 Å². The van der Waals surface area contributed by atoms with Crippen LogP contribution in [0.2, 0.25) is 0 Å². The number of fused-ring (bicyclic) bond motifs is 1. The number of carbonyl (C=O) groups excluding carboxylic acids is 1. The molecule has 32 heavy (non-hydrogen) atoms. The molecule has 2 fully saturated rings. The summed E-state index contributed by atoms with van der Waals surface area (Å²) in [7, 11) is 1.84. The van der Waals surface area contributed by atoms with Crippen molar-refractivity contribution in [1.29, 1.82) is 5.26 Å². The average molecular weight is 440 g/mol. The molecule has 1 N–H and O–H groups in total. The first-order chi connectivity index (χ1) is 15.3. The quantitative estimate of drug-likeness (QED) is 0.705. The number of likely N-dealkylation sites (tertiary alicyclic amines) is 1. The third kappa shape index (κ3) is 4.54. The van der Waals surface area contributed by atoms with E-state index in [-0.39, 0.29) is 11.9 Å². The molecule has 0 radical (unpaired) electrons. The van der Waals surface area contributed by atoms with Crippen LogP contribution in [-0.2, 0) is 4.79 Å². The smallest absolute Gasteiger partial charge is 0.234 e. The van der Waals surface area contributed by atoms with Crippen molar-refractivity contribution in [2.75, 3.05) is 48.3 Å². The standard InChI is InChI=1S/C24H37N7O/c1-17(18-9-12-30(13-10-18)14-11-25)27-23-26-15-20-21(28-23)31(19-7-5-6-8-19)16-24(2,3)22(32)29(20)4/h15,17-19H,5-10,12-14,16H2,1-4H3,(H,26,27,28)/t17-/m0/s1. The second-order valence-electron chi connectivity index (χ2n) is 10.4. The molecule has 8 heteroatoms. The van der Waals surface area contributed by atoms with Crippen LogP contribution >= 0.6 is 0 Å². The molecule has 0 unspecified atom stereocenters. The SMILES string of the molecule is C[C@H](Nc1ncc2c(n1)N(C1CCCC1)CC(C)(C)C(=O)N2C)C1CCN(CC#N)CC1. The Morgan fingerprint density at radius 2 is 1.94 bits per heavy atom. The van der Waals surface area contributed by atoms with E-state index in [1.54, 1.807) is 4.90 Å². The first kappa shape index (κ1) is 22.8. The average Bonchev–Trinajstić information content (AvgIpc) is 3.30. The van der Waals surface area contributed by atoms with Gasteiger partial charge >= 0.3 is 0 Å². The molecule has 1 aromatic rings. The van der Waals surface area contributed by atoms with Crippen LogP contribution in [0.1, 0.15) is 59.3 Å². The van der Waals surface area contributed by atoms with Crippen molar-refractivity contribution in [2.24, 2.45) is 11.3 Å². The lowest BCUT2D eigenvalue weighted by atomic mass is 9.90. The van der Waals surface area contributed by atoms with Gasteiger partial charge in [-0.3, -0.25) is 9.69 Å². The fraction of sp³-hybridized carbons (Fsp3) is 0.750. The molecule has 4 rings (SSSR count). The number of hydrogen-bond acceptors (Lipinski definition) is 7. The highest BCUT2D eigenvalue weighted by atomic mass is 16.2. The molecule has 1 aliphatic carbocycles. The Labute approximate surface area is 192 Å². The number of carbonyl (C=O) groups is 1. The number of aromatic nitrogens is 2. The van der Waals surface area contributed by atoms with Gasteiger partial charge in [-0.1, -0.05) is 12.8 Å². The summed E-state index contributed by atoms with van der Waals surface area (Å²) in [4.78, 5) is 29.1. The predicted octanol–water partition coefficient (Wildman–Crippen LogP) is 3.26. The van der Waals surface area contributed by atoms with Crippen molar-refractivity contribution in [2.45, 2.75) is 71.4 Å². The zero-order valence-corrected chi connectivity index (χ0v) is 20.0. The molecule has 1 saturated heterocycles. The van der Waals surface area contributed by atoms with Crippen molar-refractivity contribution in [3.63, 3.8) is 0 Å². The number of amides is 1. The topological polar surface area (TPSA) is 88.4 Å². The highest BCUT2D eigenvalue weighted by Crippen LogP contribution is 2.40. The molecule has 0 spiro atoms. The van der Waals surface area contributed by atoms with Gasteiger partial charge in [-0.15, -0.1) is 0 Å². The molecule has 1 aromatic heterocycles. The van der Waals surface area contributed by atoms with E-state index in [2.05, 4.69) is 33.1 Å². The highest BCUT2D eigenvalue weighted by molar-refractivity contribution is 6.00. The van der Waals surface area contributed by atoms with Crippen LogP contribution in [0, 0.1) is 22.7 Å². The van der Waals surface area contributed by atoms with Crippen molar-refractivity contribution in [3.8, 4) is 6.07 Å². The van der Waals surface area contributed by atoms with E-state index in [4.69, 9.17) is 10.2 Å². The Kier molecular flexibility index (Phi) is 6.57. The number of anilines is 3. The monoisotopic (exact) mass is 439 g/mol. The predicted molar refractivity (Wildman–Crippen MR) is 127 cm³/mol. The maximum atomic E-state index is 13.1. The lowest BCUT2D eigenvalue weighted by Gasteiger charge is -2.35. The summed E-state index contributed by atoms with van der Waals surface area (Å²) < 4.78 is 0. The van der Waals surface area contributed by atoms with Gasteiger partial charge in [0, 0.05) is 25.7 Å². The minimum atomic E-state index is -0.476. The minimum absolute atomic E-state index is 0.112. The number of nitrogens with zero attached hydrogens (tertiary/aromatic N) is 6. The van der Waals surface area contributed by atoms with Crippen molar-refractivity contribution in [1.82, 2.24) is 14.9 Å². The maximum absolute atomic E-state index is 13.1. The normalized spacial score (nSPS) is 23.5. The zero-order chi connectivity index (χ0) is 22.9. The van der Waals surface area contributed by atoms with Gasteiger partial charge in [0.15, 0.2) is 5.82 Å². The molecular weight excluding hydrogens is 402 g/mol. The van der Waals surface area contributed by atoms with Crippen LogP contribution < -0.4 is 15.1 Å². The summed E-state index contributed by atoms with van der Waals surface area (Å²) in [6.45, 7) is 9.39. The summed E-state index contributed by atoms with van der Waals surface area (Å²) in [6, 6.07) is 2.93. The van der Waals surface area contributed by atoms with Gasteiger partial charge in [0.25, 0.3) is 0 Å². The molecule has 1 saturated carbocycles. The van der Waals surface area contributed by atoms with E-state index in [0.29, 0.717) is 31.0 Å². The van der Waals surface area contributed by atoms with Gasteiger partial charge in [0.2, 0.25) is 11.9 Å². The summed E-state index contributed by atoms with van der Waals surface area (Å²) in [5, 5.41) is 12.5. The number of nitrogens with one attached hydrogen (secondary N) is 1. The fourth-order valence-electron chi connectivity index (χ4n) is 5.57. The number of rotatable bonds is 5. The second kappa shape index (κ2) is 9.22. The largest absolute Gasteiger partial charge is 0.351 e. The van der Waals surface area contributed by atoms with Crippen LogP contribution in [0.3, 0.4) is 0 Å². The van der Waals surface area contributed by atoms with Gasteiger partial charge in [-0.2, -0.15) is 10.2 Å². The maximum Gasteiger partial charge on any atom is 0.234 e. The Balaban J connectivity index is 1.55. The molecule has 2 aliphatic heterocycles. The molecule has 1 atom stereocenters.